The van der Waals surface area contributed by atoms with Crippen molar-refractivity contribution in [3.63, 3.8) is 0 Å². The van der Waals surface area contributed by atoms with Gasteiger partial charge in [0.1, 0.15) is 0 Å². The second-order valence-corrected chi connectivity index (χ2v) is 6.92. The normalized spacial score (nSPS) is 22.1. The molecule has 118 valence electrons. The van der Waals surface area contributed by atoms with Crippen molar-refractivity contribution in [1.82, 2.24) is 10.3 Å². The number of H-pyrrole nitrogens is 1. The van der Waals surface area contributed by atoms with Gasteiger partial charge < -0.3 is 10.3 Å². The summed E-state index contributed by atoms with van der Waals surface area (Å²) >= 11 is 0. The Kier molecular flexibility index (Phi) is 4.34. The highest BCUT2D eigenvalue weighted by Crippen LogP contribution is 2.24. The van der Waals surface area contributed by atoms with Crippen LogP contribution in [0.5, 0.6) is 0 Å². The summed E-state index contributed by atoms with van der Waals surface area (Å²) in [5, 5.41) is 4.73. The van der Waals surface area contributed by atoms with Crippen molar-refractivity contribution in [1.29, 1.82) is 0 Å². The number of benzene rings is 1. The molecule has 1 heterocycles. The summed E-state index contributed by atoms with van der Waals surface area (Å²) in [4.78, 5) is 15.4. The van der Waals surface area contributed by atoms with E-state index in [9.17, 15) is 4.79 Å². The standard InChI is InChI=1S/C19H26N2O/c1-12-8-14(3)18-15(9-12)10-16(19(22)21-18)11-20-17-7-5-4-6-13(17)2/h8-10,13,17,20H,4-7,11H2,1-3H3,(H,21,22). The smallest absolute Gasteiger partial charge is 0.252 e. The molecule has 3 rings (SSSR count). The Hall–Kier alpha value is -1.61. The van der Waals surface area contributed by atoms with Crippen LogP contribution in [-0.4, -0.2) is 11.0 Å². The second kappa shape index (κ2) is 6.25. The van der Waals surface area contributed by atoms with Crippen molar-refractivity contribution in [3.05, 3.63) is 45.2 Å². The first-order valence-electron chi connectivity index (χ1n) is 8.41. The molecule has 1 saturated carbocycles. The molecule has 0 radical (unpaired) electrons. The van der Waals surface area contributed by atoms with Crippen LogP contribution in [0.3, 0.4) is 0 Å². The first kappa shape index (κ1) is 15.3. The Morgan fingerprint density at radius 1 is 1.18 bits per heavy atom. The first-order chi connectivity index (χ1) is 10.5. The van der Waals surface area contributed by atoms with Gasteiger partial charge in [-0.25, -0.2) is 0 Å². The van der Waals surface area contributed by atoms with Crippen LogP contribution in [0.1, 0.15) is 49.3 Å². The van der Waals surface area contributed by atoms with Crippen LogP contribution in [0.2, 0.25) is 0 Å². The Balaban J connectivity index is 1.84. The highest BCUT2D eigenvalue weighted by atomic mass is 16.1. The third-order valence-electron chi connectivity index (χ3n) is 5.04. The summed E-state index contributed by atoms with van der Waals surface area (Å²) < 4.78 is 0. The van der Waals surface area contributed by atoms with E-state index in [1.54, 1.807) is 0 Å². The van der Waals surface area contributed by atoms with E-state index in [2.05, 4.69) is 42.3 Å². The van der Waals surface area contributed by atoms with Crippen LogP contribution in [0.25, 0.3) is 10.9 Å². The predicted molar refractivity (Wildman–Crippen MR) is 92.3 cm³/mol. The Labute approximate surface area is 132 Å². The third-order valence-corrected chi connectivity index (χ3v) is 5.04. The van der Waals surface area contributed by atoms with Crippen molar-refractivity contribution < 1.29 is 0 Å². The average Bonchev–Trinajstić information content (AvgIpc) is 2.47. The molecule has 1 aliphatic rings. The molecule has 1 fully saturated rings. The number of pyridine rings is 1. The molecule has 1 aliphatic carbocycles. The lowest BCUT2D eigenvalue weighted by Crippen LogP contribution is -2.37. The van der Waals surface area contributed by atoms with E-state index < -0.39 is 0 Å². The summed E-state index contributed by atoms with van der Waals surface area (Å²) in [5.74, 6) is 0.706. The molecule has 3 nitrogen and oxygen atoms in total. The fourth-order valence-corrected chi connectivity index (χ4v) is 3.72. The number of rotatable bonds is 3. The number of hydrogen-bond acceptors (Lipinski definition) is 2. The van der Waals surface area contributed by atoms with Gasteiger partial charge in [0.15, 0.2) is 0 Å². The minimum atomic E-state index is 0.0374. The Morgan fingerprint density at radius 2 is 1.95 bits per heavy atom. The summed E-state index contributed by atoms with van der Waals surface area (Å²) in [6, 6.07) is 6.85. The number of aryl methyl sites for hydroxylation is 2. The summed E-state index contributed by atoms with van der Waals surface area (Å²) in [5.41, 5.74) is 4.21. The second-order valence-electron chi connectivity index (χ2n) is 6.92. The third kappa shape index (κ3) is 3.09. The zero-order chi connectivity index (χ0) is 15.7. The molecule has 2 atom stereocenters. The number of nitrogens with one attached hydrogen (secondary N) is 2. The number of hydrogen-bond donors (Lipinski definition) is 2. The largest absolute Gasteiger partial charge is 0.321 e. The van der Waals surface area contributed by atoms with E-state index in [1.165, 1.54) is 31.2 Å². The maximum absolute atomic E-state index is 12.3. The van der Waals surface area contributed by atoms with Crippen LogP contribution in [0, 0.1) is 19.8 Å². The lowest BCUT2D eigenvalue weighted by Gasteiger charge is -2.29. The van der Waals surface area contributed by atoms with Gasteiger partial charge in [-0.05, 0) is 55.7 Å². The topological polar surface area (TPSA) is 44.9 Å². The van der Waals surface area contributed by atoms with Crippen molar-refractivity contribution in [2.45, 2.75) is 59.0 Å². The minimum absolute atomic E-state index is 0.0374. The highest BCUT2D eigenvalue weighted by Gasteiger charge is 2.20. The number of fused-ring (bicyclic) bond motifs is 1. The Bertz CT molecular complexity index is 732. The van der Waals surface area contributed by atoms with E-state index in [1.807, 2.05) is 6.92 Å². The molecule has 0 saturated heterocycles. The zero-order valence-corrected chi connectivity index (χ0v) is 13.8. The molecule has 0 amide bonds. The zero-order valence-electron chi connectivity index (χ0n) is 13.8. The monoisotopic (exact) mass is 298 g/mol. The van der Waals surface area contributed by atoms with E-state index in [0.717, 1.165) is 22.0 Å². The lowest BCUT2D eigenvalue weighted by atomic mass is 9.86. The summed E-state index contributed by atoms with van der Waals surface area (Å²) in [6.45, 7) is 7.12. The average molecular weight is 298 g/mol. The molecule has 0 aliphatic heterocycles. The van der Waals surface area contributed by atoms with Gasteiger partial charge in [0.25, 0.3) is 5.56 Å². The van der Waals surface area contributed by atoms with Crippen molar-refractivity contribution in [2.24, 2.45) is 5.92 Å². The minimum Gasteiger partial charge on any atom is -0.321 e. The van der Waals surface area contributed by atoms with Gasteiger partial charge in [0, 0.05) is 18.2 Å². The van der Waals surface area contributed by atoms with Gasteiger partial charge in [-0.3, -0.25) is 4.79 Å². The maximum Gasteiger partial charge on any atom is 0.252 e. The van der Waals surface area contributed by atoms with Crippen molar-refractivity contribution in [3.8, 4) is 0 Å². The molecule has 22 heavy (non-hydrogen) atoms. The number of aromatic amines is 1. The fraction of sp³-hybridized carbons (Fsp3) is 0.526. The maximum atomic E-state index is 12.3. The van der Waals surface area contributed by atoms with Crippen LogP contribution >= 0.6 is 0 Å². The lowest BCUT2D eigenvalue weighted by molar-refractivity contribution is 0.279. The van der Waals surface area contributed by atoms with Gasteiger partial charge in [-0.1, -0.05) is 31.4 Å². The quantitative estimate of drug-likeness (QED) is 0.905. The molecular weight excluding hydrogens is 272 g/mol. The van der Waals surface area contributed by atoms with Gasteiger partial charge in [-0.2, -0.15) is 0 Å². The molecule has 2 aromatic rings. The van der Waals surface area contributed by atoms with E-state index in [4.69, 9.17) is 0 Å². The molecule has 1 aromatic carbocycles. The predicted octanol–water partition coefficient (Wildman–Crippen LogP) is 3.81. The van der Waals surface area contributed by atoms with Crippen molar-refractivity contribution >= 4 is 10.9 Å². The van der Waals surface area contributed by atoms with Crippen LogP contribution in [0.15, 0.2) is 23.0 Å². The molecule has 0 bridgehead atoms. The van der Waals surface area contributed by atoms with Crippen LogP contribution < -0.4 is 10.9 Å². The molecule has 2 N–H and O–H groups in total. The summed E-state index contributed by atoms with van der Waals surface area (Å²) in [7, 11) is 0. The molecule has 3 heteroatoms. The van der Waals surface area contributed by atoms with Gasteiger partial charge in [0.2, 0.25) is 0 Å². The number of aromatic nitrogens is 1. The Morgan fingerprint density at radius 3 is 2.73 bits per heavy atom. The molecular formula is C19H26N2O. The van der Waals surface area contributed by atoms with Gasteiger partial charge >= 0.3 is 0 Å². The highest BCUT2D eigenvalue weighted by molar-refractivity contribution is 5.82. The molecule has 0 spiro atoms. The SMILES string of the molecule is Cc1cc(C)c2[nH]c(=O)c(CNC3CCCCC3C)cc2c1. The summed E-state index contributed by atoms with van der Waals surface area (Å²) in [6.07, 6.45) is 5.16. The molecule has 1 aromatic heterocycles. The van der Waals surface area contributed by atoms with Gasteiger partial charge in [-0.15, -0.1) is 0 Å². The van der Waals surface area contributed by atoms with E-state index >= 15 is 0 Å². The van der Waals surface area contributed by atoms with Crippen molar-refractivity contribution in [2.75, 3.05) is 0 Å². The van der Waals surface area contributed by atoms with Gasteiger partial charge in [0.05, 0.1) is 5.52 Å². The fourth-order valence-electron chi connectivity index (χ4n) is 3.72. The first-order valence-corrected chi connectivity index (χ1v) is 8.41. The molecule has 2 unspecified atom stereocenters. The van der Waals surface area contributed by atoms with E-state index in [-0.39, 0.29) is 5.56 Å². The van der Waals surface area contributed by atoms with E-state index in [0.29, 0.717) is 18.5 Å². The van der Waals surface area contributed by atoms with Crippen LogP contribution in [0.4, 0.5) is 0 Å². The van der Waals surface area contributed by atoms with Crippen LogP contribution in [-0.2, 0) is 6.54 Å².